The fraction of sp³-hybridized carbons (Fsp3) is 0.647. The van der Waals surface area contributed by atoms with Crippen molar-refractivity contribution in [1.82, 2.24) is 0 Å². The summed E-state index contributed by atoms with van der Waals surface area (Å²) in [6.45, 7) is 1.13. The second kappa shape index (κ2) is 6.67. The van der Waals surface area contributed by atoms with Crippen LogP contribution in [0.3, 0.4) is 0 Å². The Morgan fingerprint density at radius 1 is 1.38 bits per heavy atom. The van der Waals surface area contributed by atoms with Crippen molar-refractivity contribution in [2.75, 3.05) is 25.6 Å². The summed E-state index contributed by atoms with van der Waals surface area (Å²) in [6.07, 6.45) is 5.56. The van der Waals surface area contributed by atoms with Gasteiger partial charge in [-0.05, 0) is 50.3 Å². The predicted octanol–water partition coefficient (Wildman–Crippen LogP) is 3.12. The standard InChI is InChI=1S/C17H25NO3/c1-20-12-7-8-16-14(11-12)17-13(5-4-10-21-17)15(18-16)6-2-3-9-19/h7-8,11,13,15,17-19H,2-6,9-10H2,1H3/t13-,15-,17+/m0/s1. The van der Waals surface area contributed by atoms with E-state index in [0.29, 0.717) is 12.0 Å². The Labute approximate surface area is 126 Å². The molecule has 1 saturated heterocycles. The highest BCUT2D eigenvalue weighted by Gasteiger charge is 2.38. The van der Waals surface area contributed by atoms with Gasteiger partial charge in [0.1, 0.15) is 5.75 Å². The van der Waals surface area contributed by atoms with Crippen LogP contribution in [0.5, 0.6) is 5.75 Å². The van der Waals surface area contributed by atoms with Crippen LogP contribution in [0.25, 0.3) is 0 Å². The van der Waals surface area contributed by atoms with E-state index in [1.165, 1.54) is 17.7 Å². The summed E-state index contributed by atoms with van der Waals surface area (Å²) in [4.78, 5) is 0. The van der Waals surface area contributed by atoms with Crippen LogP contribution < -0.4 is 10.1 Å². The van der Waals surface area contributed by atoms with Gasteiger partial charge in [-0.3, -0.25) is 0 Å². The molecule has 116 valence electrons. The third kappa shape index (κ3) is 3.01. The number of anilines is 1. The largest absolute Gasteiger partial charge is 0.497 e. The number of hydrogen-bond donors (Lipinski definition) is 2. The van der Waals surface area contributed by atoms with Crippen LogP contribution >= 0.6 is 0 Å². The van der Waals surface area contributed by atoms with Crippen molar-refractivity contribution >= 4 is 5.69 Å². The Morgan fingerprint density at radius 3 is 3.10 bits per heavy atom. The molecular formula is C17H25NO3. The molecule has 4 nitrogen and oxygen atoms in total. The van der Waals surface area contributed by atoms with Gasteiger partial charge >= 0.3 is 0 Å². The summed E-state index contributed by atoms with van der Waals surface area (Å²) in [5.41, 5.74) is 2.41. The van der Waals surface area contributed by atoms with Gasteiger partial charge in [0.2, 0.25) is 0 Å². The fourth-order valence-electron chi connectivity index (χ4n) is 3.64. The van der Waals surface area contributed by atoms with Gasteiger partial charge in [0, 0.05) is 36.4 Å². The number of ether oxygens (including phenoxy) is 2. The minimum absolute atomic E-state index is 0.184. The Bertz CT molecular complexity index is 477. The van der Waals surface area contributed by atoms with E-state index in [9.17, 15) is 0 Å². The molecule has 3 rings (SSSR count). The lowest BCUT2D eigenvalue weighted by atomic mass is 9.78. The lowest BCUT2D eigenvalue weighted by Gasteiger charge is -2.43. The van der Waals surface area contributed by atoms with Gasteiger partial charge in [-0.15, -0.1) is 0 Å². The second-order valence-corrected chi connectivity index (χ2v) is 6.02. The maximum Gasteiger partial charge on any atom is 0.119 e. The highest BCUT2D eigenvalue weighted by molar-refractivity contribution is 5.58. The molecule has 0 radical (unpaired) electrons. The Kier molecular flexibility index (Phi) is 4.66. The zero-order valence-corrected chi connectivity index (χ0v) is 12.7. The molecule has 0 amide bonds. The van der Waals surface area contributed by atoms with Gasteiger partial charge in [0.25, 0.3) is 0 Å². The molecule has 0 bridgehead atoms. The van der Waals surface area contributed by atoms with Gasteiger partial charge in [0.05, 0.1) is 13.2 Å². The molecule has 2 aliphatic rings. The SMILES string of the molecule is COc1ccc2c(c1)[C@@H]1OCCC[C@H]1[C@H](CCCCO)N2. The number of unbranched alkanes of at least 4 members (excludes halogenated alkanes) is 1. The highest BCUT2D eigenvalue weighted by atomic mass is 16.5. The third-order valence-electron chi connectivity index (χ3n) is 4.71. The maximum absolute atomic E-state index is 8.98. The van der Waals surface area contributed by atoms with Crippen LogP contribution in [0.15, 0.2) is 18.2 Å². The average Bonchev–Trinajstić information content (AvgIpc) is 2.55. The van der Waals surface area contributed by atoms with E-state index in [1.807, 2.05) is 6.07 Å². The van der Waals surface area contributed by atoms with Crippen molar-refractivity contribution < 1.29 is 14.6 Å². The van der Waals surface area contributed by atoms with Crippen molar-refractivity contribution in [3.8, 4) is 5.75 Å². The molecular weight excluding hydrogens is 266 g/mol. The number of methoxy groups -OCH3 is 1. The van der Waals surface area contributed by atoms with Gasteiger partial charge in [-0.2, -0.15) is 0 Å². The Morgan fingerprint density at radius 2 is 2.29 bits per heavy atom. The molecule has 1 aromatic rings. The van der Waals surface area contributed by atoms with Gasteiger partial charge in [0.15, 0.2) is 0 Å². The first-order valence-corrected chi connectivity index (χ1v) is 8.00. The van der Waals surface area contributed by atoms with E-state index in [4.69, 9.17) is 14.6 Å². The quantitative estimate of drug-likeness (QED) is 0.818. The third-order valence-corrected chi connectivity index (χ3v) is 4.71. The normalized spacial score (nSPS) is 27.4. The first-order valence-electron chi connectivity index (χ1n) is 8.00. The molecule has 21 heavy (non-hydrogen) atoms. The van der Waals surface area contributed by atoms with Gasteiger partial charge < -0.3 is 19.9 Å². The number of fused-ring (bicyclic) bond motifs is 3. The molecule has 4 heteroatoms. The van der Waals surface area contributed by atoms with Gasteiger partial charge in [-0.25, -0.2) is 0 Å². The van der Waals surface area contributed by atoms with Crippen LogP contribution in [-0.2, 0) is 4.74 Å². The van der Waals surface area contributed by atoms with Crippen LogP contribution in [0.1, 0.15) is 43.8 Å². The maximum atomic E-state index is 8.98. The highest BCUT2D eigenvalue weighted by Crippen LogP contribution is 2.45. The average molecular weight is 291 g/mol. The molecule has 3 atom stereocenters. The molecule has 0 aromatic heterocycles. The first-order chi connectivity index (χ1) is 10.3. The number of aliphatic hydroxyl groups excluding tert-OH is 1. The molecule has 1 fully saturated rings. The number of rotatable bonds is 5. The lowest BCUT2D eigenvalue weighted by molar-refractivity contribution is -0.0388. The van der Waals surface area contributed by atoms with Crippen LogP contribution in [-0.4, -0.2) is 31.5 Å². The molecule has 0 spiro atoms. The summed E-state index contributed by atoms with van der Waals surface area (Å²) < 4.78 is 11.5. The van der Waals surface area contributed by atoms with E-state index in [-0.39, 0.29) is 12.7 Å². The summed E-state index contributed by atoms with van der Waals surface area (Å²) in [5, 5.41) is 12.7. The molecule has 1 aromatic carbocycles. The van der Waals surface area contributed by atoms with E-state index in [2.05, 4.69) is 17.4 Å². The first kappa shape index (κ1) is 14.7. The van der Waals surface area contributed by atoms with Crippen molar-refractivity contribution in [1.29, 1.82) is 0 Å². The van der Waals surface area contributed by atoms with Crippen molar-refractivity contribution in [3.63, 3.8) is 0 Å². The van der Waals surface area contributed by atoms with Crippen molar-refractivity contribution in [3.05, 3.63) is 23.8 Å². The van der Waals surface area contributed by atoms with Crippen molar-refractivity contribution in [2.24, 2.45) is 5.92 Å². The molecule has 0 aliphatic carbocycles. The summed E-state index contributed by atoms with van der Waals surface area (Å²) in [7, 11) is 1.70. The van der Waals surface area contributed by atoms with Crippen LogP contribution in [0.2, 0.25) is 0 Å². The summed E-state index contributed by atoms with van der Waals surface area (Å²) >= 11 is 0. The number of nitrogens with one attached hydrogen (secondary N) is 1. The summed E-state index contributed by atoms with van der Waals surface area (Å²) in [6, 6.07) is 6.65. The van der Waals surface area contributed by atoms with Gasteiger partial charge in [-0.1, -0.05) is 0 Å². The number of hydrogen-bond acceptors (Lipinski definition) is 4. The van der Waals surface area contributed by atoms with Crippen LogP contribution in [0.4, 0.5) is 5.69 Å². The van der Waals surface area contributed by atoms with E-state index in [0.717, 1.165) is 38.0 Å². The topological polar surface area (TPSA) is 50.7 Å². The number of aliphatic hydroxyl groups is 1. The van der Waals surface area contributed by atoms with E-state index < -0.39 is 0 Å². The molecule has 2 N–H and O–H groups in total. The van der Waals surface area contributed by atoms with E-state index >= 15 is 0 Å². The van der Waals surface area contributed by atoms with E-state index in [1.54, 1.807) is 7.11 Å². The number of benzene rings is 1. The molecule has 2 aliphatic heterocycles. The molecule has 0 saturated carbocycles. The molecule has 2 heterocycles. The minimum atomic E-state index is 0.184. The molecule has 0 unspecified atom stereocenters. The Hall–Kier alpha value is -1.26. The minimum Gasteiger partial charge on any atom is -0.497 e. The fourth-order valence-corrected chi connectivity index (χ4v) is 3.64. The summed E-state index contributed by atoms with van der Waals surface area (Å²) in [5.74, 6) is 1.42. The lowest BCUT2D eigenvalue weighted by Crippen LogP contribution is -2.41. The van der Waals surface area contributed by atoms with Crippen LogP contribution in [0, 0.1) is 5.92 Å². The second-order valence-electron chi connectivity index (χ2n) is 6.02. The zero-order valence-electron chi connectivity index (χ0n) is 12.7. The monoisotopic (exact) mass is 291 g/mol. The van der Waals surface area contributed by atoms with Crippen molar-refractivity contribution in [2.45, 2.75) is 44.2 Å². The zero-order chi connectivity index (χ0) is 14.7. The predicted molar refractivity (Wildman–Crippen MR) is 82.8 cm³/mol. The Balaban J connectivity index is 1.83. The smallest absolute Gasteiger partial charge is 0.119 e.